The van der Waals surface area contributed by atoms with Gasteiger partial charge in [0.1, 0.15) is 0 Å². The molecule has 0 aliphatic carbocycles. The second kappa shape index (κ2) is 11.4. The highest BCUT2D eigenvalue weighted by Gasteiger charge is 2.24. The molecule has 0 unspecified atom stereocenters. The topological polar surface area (TPSA) is 84.3 Å². The van der Waals surface area contributed by atoms with Gasteiger partial charge in [0, 0.05) is 45.0 Å². The van der Waals surface area contributed by atoms with Gasteiger partial charge < -0.3 is 9.88 Å². The quantitative estimate of drug-likeness (QED) is 0.506. The van der Waals surface area contributed by atoms with Crippen LogP contribution in [0.15, 0.2) is 72.1 Å². The molecule has 4 rings (SSSR count). The lowest BCUT2D eigenvalue weighted by Gasteiger charge is -2.20. The molecule has 0 atom stereocenters. The molecule has 3 aromatic rings. The molecule has 1 saturated heterocycles. The Morgan fingerprint density at radius 3 is 2.18 bits per heavy atom. The fraction of sp³-hybridized carbons (Fsp3) is 0.385. The first kappa shape index (κ1) is 24.2. The summed E-state index contributed by atoms with van der Waals surface area (Å²) in [5.74, 6) is -0.0243. The lowest BCUT2D eigenvalue weighted by Crippen LogP contribution is -2.31. The zero-order valence-electron chi connectivity index (χ0n) is 19.4. The van der Waals surface area contributed by atoms with Crippen molar-refractivity contribution in [2.45, 2.75) is 56.5 Å². The highest BCUT2D eigenvalue weighted by molar-refractivity contribution is 7.89. The molecule has 0 radical (unpaired) electrons. The van der Waals surface area contributed by atoms with Gasteiger partial charge in [-0.05, 0) is 48.1 Å². The van der Waals surface area contributed by atoms with Gasteiger partial charge in [-0.1, -0.05) is 49.2 Å². The molecule has 1 aliphatic rings. The van der Waals surface area contributed by atoms with Crippen molar-refractivity contribution in [3.05, 3.63) is 83.9 Å². The SMILES string of the molecule is O=C(CCc1ccc(S(=O)(=O)N2CCCCCC2)cc1)NCc1ccc(Cn2ccnc2)cc1. The van der Waals surface area contributed by atoms with E-state index in [9.17, 15) is 13.2 Å². The summed E-state index contributed by atoms with van der Waals surface area (Å²) >= 11 is 0. The van der Waals surface area contributed by atoms with Crippen molar-refractivity contribution in [2.75, 3.05) is 13.1 Å². The van der Waals surface area contributed by atoms with E-state index in [1.54, 1.807) is 29.0 Å². The minimum atomic E-state index is -3.44. The van der Waals surface area contributed by atoms with Gasteiger partial charge in [-0.3, -0.25) is 4.79 Å². The van der Waals surface area contributed by atoms with Crippen molar-refractivity contribution in [1.82, 2.24) is 19.2 Å². The van der Waals surface area contributed by atoms with Gasteiger partial charge in [-0.2, -0.15) is 4.31 Å². The zero-order chi connectivity index (χ0) is 23.8. The van der Waals surface area contributed by atoms with Crippen LogP contribution in [0.3, 0.4) is 0 Å². The summed E-state index contributed by atoms with van der Waals surface area (Å²) in [4.78, 5) is 16.7. The highest BCUT2D eigenvalue weighted by atomic mass is 32.2. The van der Waals surface area contributed by atoms with E-state index in [1.165, 1.54) is 5.56 Å². The molecule has 0 spiro atoms. The number of nitrogens with zero attached hydrogens (tertiary/aromatic N) is 3. The zero-order valence-corrected chi connectivity index (χ0v) is 20.2. The summed E-state index contributed by atoms with van der Waals surface area (Å²) in [6.45, 7) is 2.44. The van der Waals surface area contributed by atoms with Gasteiger partial charge >= 0.3 is 0 Å². The number of benzene rings is 2. The molecule has 1 aromatic heterocycles. The fourth-order valence-corrected chi connectivity index (χ4v) is 5.68. The standard InChI is InChI=1S/C26H32N4O3S/c31-26(28-19-23-5-7-24(8-6-23)20-29-18-15-27-21-29)14-11-22-9-12-25(13-10-22)34(32,33)30-16-3-1-2-4-17-30/h5-10,12-13,15,18,21H,1-4,11,14,16-17,19-20H2,(H,28,31). The summed E-state index contributed by atoms with van der Waals surface area (Å²) in [7, 11) is -3.44. The molecule has 2 aromatic carbocycles. The summed E-state index contributed by atoms with van der Waals surface area (Å²) in [5.41, 5.74) is 3.18. The smallest absolute Gasteiger partial charge is 0.243 e. The normalized spacial score (nSPS) is 15.1. The Morgan fingerprint density at radius 2 is 1.53 bits per heavy atom. The average Bonchev–Trinajstić information content (AvgIpc) is 3.20. The number of rotatable bonds is 9. The second-order valence-corrected chi connectivity index (χ2v) is 10.7. The third kappa shape index (κ3) is 6.55. The van der Waals surface area contributed by atoms with Crippen LogP contribution < -0.4 is 5.32 Å². The molecule has 1 aliphatic heterocycles. The summed E-state index contributed by atoms with van der Waals surface area (Å²) < 4.78 is 29.4. The average molecular weight is 481 g/mol. The van der Waals surface area contributed by atoms with Crippen LogP contribution in [0.25, 0.3) is 0 Å². The first-order valence-electron chi connectivity index (χ1n) is 11.9. The van der Waals surface area contributed by atoms with Crippen molar-refractivity contribution in [2.24, 2.45) is 0 Å². The van der Waals surface area contributed by atoms with E-state index in [2.05, 4.69) is 22.4 Å². The fourth-order valence-electron chi connectivity index (χ4n) is 4.16. The Labute approximate surface area is 201 Å². The van der Waals surface area contributed by atoms with Crippen LogP contribution in [0.2, 0.25) is 0 Å². The van der Waals surface area contributed by atoms with E-state index in [4.69, 9.17) is 0 Å². The molecule has 0 saturated carbocycles. The monoisotopic (exact) mass is 480 g/mol. The molecule has 180 valence electrons. The van der Waals surface area contributed by atoms with Crippen molar-refractivity contribution >= 4 is 15.9 Å². The van der Waals surface area contributed by atoms with Gasteiger partial charge in [-0.25, -0.2) is 13.4 Å². The van der Waals surface area contributed by atoms with Crippen LogP contribution in [0.5, 0.6) is 0 Å². The van der Waals surface area contributed by atoms with E-state index in [-0.39, 0.29) is 5.91 Å². The number of aryl methyl sites for hydroxylation is 1. The molecule has 8 heteroatoms. The van der Waals surface area contributed by atoms with Crippen molar-refractivity contribution in [3.63, 3.8) is 0 Å². The Balaban J connectivity index is 1.23. The van der Waals surface area contributed by atoms with Crippen molar-refractivity contribution in [3.8, 4) is 0 Å². The minimum Gasteiger partial charge on any atom is -0.352 e. The van der Waals surface area contributed by atoms with Crippen LogP contribution in [0.1, 0.15) is 48.8 Å². The maximum Gasteiger partial charge on any atom is 0.243 e. The number of carbonyl (C=O) groups excluding carboxylic acids is 1. The van der Waals surface area contributed by atoms with Gasteiger partial charge in [0.05, 0.1) is 11.2 Å². The number of sulfonamides is 1. The maximum atomic E-state index is 12.9. The summed E-state index contributed by atoms with van der Waals surface area (Å²) in [6.07, 6.45) is 10.4. The maximum absolute atomic E-state index is 12.9. The molecule has 2 heterocycles. The van der Waals surface area contributed by atoms with Crippen molar-refractivity contribution in [1.29, 1.82) is 0 Å². The summed E-state index contributed by atoms with van der Waals surface area (Å²) in [6, 6.07) is 15.1. The number of aromatic nitrogens is 2. The van der Waals surface area contributed by atoms with Crippen LogP contribution in [-0.4, -0.2) is 41.3 Å². The molecule has 1 amide bonds. The number of imidazole rings is 1. The lowest BCUT2D eigenvalue weighted by molar-refractivity contribution is -0.121. The largest absolute Gasteiger partial charge is 0.352 e. The first-order chi connectivity index (χ1) is 16.5. The number of carbonyl (C=O) groups is 1. The Bertz CT molecular complexity index is 1150. The molecular formula is C26H32N4O3S. The predicted molar refractivity (Wildman–Crippen MR) is 132 cm³/mol. The van der Waals surface area contributed by atoms with Crippen molar-refractivity contribution < 1.29 is 13.2 Å². The van der Waals surface area contributed by atoms with Crippen LogP contribution >= 0.6 is 0 Å². The molecule has 0 bridgehead atoms. The van der Waals surface area contributed by atoms with Gasteiger partial charge in [0.15, 0.2) is 0 Å². The Morgan fingerprint density at radius 1 is 0.882 bits per heavy atom. The van der Waals surface area contributed by atoms with Gasteiger partial charge in [-0.15, -0.1) is 0 Å². The number of hydrogen-bond acceptors (Lipinski definition) is 4. The minimum absolute atomic E-state index is 0.0243. The molecule has 7 nitrogen and oxygen atoms in total. The van der Waals surface area contributed by atoms with Gasteiger partial charge in [0.2, 0.25) is 15.9 Å². The number of nitrogens with one attached hydrogen (secondary N) is 1. The third-order valence-electron chi connectivity index (χ3n) is 6.20. The van der Waals surface area contributed by atoms with Crippen LogP contribution in [0, 0.1) is 0 Å². The summed E-state index contributed by atoms with van der Waals surface area (Å²) in [5, 5.41) is 2.96. The van der Waals surface area contributed by atoms with E-state index >= 15 is 0 Å². The van der Waals surface area contributed by atoms with Crippen LogP contribution in [0.4, 0.5) is 0 Å². The Hall–Kier alpha value is -2.97. The van der Waals surface area contributed by atoms with E-state index < -0.39 is 10.0 Å². The molecular weight excluding hydrogens is 448 g/mol. The number of hydrogen-bond donors (Lipinski definition) is 1. The molecule has 1 N–H and O–H groups in total. The van der Waals surface area contributed by atoms with E-state index in [1.807, 2.05) is 35.0 Å². The Kier molecular flexibility index (Phi) is 8.13. The highest BCUT2D eigenvalue weighted by Crippen LogP contribution is 2.21. The number of amides is 1. The van der Waals surface area contributed by atoms with E-state index in [0.29, 0.717) is 37.4 Å². The van der Waals surface area contributed by atoms with Gasteiger partial charge in [0.25, 0.3) is 0 Å². The first-order valence-corrected chi connectivity index (χ1v) is 13.3. The second-order valence-electron chi connectivity index (χ2n) is 8.79. The van der Waals surface area contributed by atoms with Crippen LogP contribution in [-0.2, 0) is 34.3 Å². The predicted octanol–water partition coefficient (Wildman–Crippen LogP) is 3.75. The lowest BCUT2D eigenvalue weighted by atomic mass is 10.1. The molecule has 34 heavy (non-hydrogen) atoms. The molecule has 1 fully saturated rings. The third-order valence-corrected chi connectivity index (χ3v) is 8.12. The van der Waals surface area contributed by atoms with E-state index in [0.717, 1.165) is 43.4 Å².